The first-order valence-electron chi connectivity index (χ1n) is 8.46. The van der Waals surface area contributed by atoms with Gasteiger partial charge in [-0.25, -0.2) is 4.39 Å². The molecule has 2 aliphatic heterocycles. The summed E-state index contributed by atoms with van der Waals surface area (Å²) in [5.41, 5.74) is 3.39. The van der Waals surface area contributed by atoms with E-state index in [0.29, 0.717) is 24.7 Å². The van der Waals surface area contributed by atoms with Crippen LogP contribution in [0.25, 0.3) is 0 Å². The second-order valence-electron chi connectivity index (χ2n) is 6.83. The van der Waals surface area contributed by atoms with E-state index < -0.39 is 0 Å². The van der Waals surface area contributed by atoms with Crippen LogP contribution in [0.15, 0.2) is 24.3 Å². The van der Waals surface area contributed by atoms with Crippen molar-refractivity contribution in [2.45, 2.75) is 32.4 Å². The van der Waals surface area contributed by atoms with Crippen molar-refractivity contribution in [3.63, 3.8) is 0 Å². The Balaban J connectivity index is 0.00000182. The van der Waals surface area contributed by atoms with Gasteiger partial charge < -0.3 is 10.2 Å². The maximum Gasteiger partial charge on any atom is 0.275 e. The summed E-state index contributed by atoms with van der Waals surface area (Å²) in [6, 6.07) is 6.48. The summed E-state index contributed by atoms with van der Waals surface area (Å²) >= 11 is 0. The molecule has 1 fully saturated rings. The molecule has 0 spiro atoms. The molecule has 2 atom stereocenters. The normalized spacial score (nSPS) is 22.4. The van der Waals surface area contributed by atoms with E-state index in [-0.39, 0.29) is 30.2 Å². The largest absolute Gasteiger partial charge is 0.330 e. The van der Waals surface area contributed by atoms with Crippen LogP contribution in [0.5, 0.6) is 0 Å². The van der Waals surface area contributed by atoms with Gasteiger partial charge in [0.05, 0.1) is 6.04 Å². The van der Waals surface area contributed by atoms with Gasteiger partial charge in [-0.15, -0.1) is 12.4 Å². The van der Waals surface area contributed by atoms with Crippen LogP contribution in [-0.2, 0) is 13.0 Å². The number of benzene rings is 1. The summed E-state index contributed by atoms with van der Waals surface area (Å²) in [6.07, 6.45) is 1.71. The second-order valence-corrected chi connectivity index (χ2v) is 6.83. The third-order valence-electron chi connectivity index (χ3n) is 5.01. The Kier molecular flexibility index (Phi) is 5.11. The molecule has 5 nitrogen and oxygen atoms in total. The van der Waals surface area contributed by atoms with Crippen molar-refractivity contribution >= 4 is 18.3 Å². The van der Waals surface area contributed by atoms with Crippen molar-refractivity contribution in [1.82, 2.24) is 20.4 Å². The molecule has 1 aromatic carbocycles. The number of hydrogen-bond donors (Lipinski definition) is 2. The van der Waals surface area contributed by atoms with Gasteiger partial charge in [0.25, 0.3) is 5.91 Å². The minimum atomic E-state index is -0.263. The van der Waals surface area contributed by atoms with Crippen molar-refractivity contribution in [2.75, 3.05) is 13.1 Å². The van der Waals surface area contributed by atoms with Crippen molar-refractivity contribution in [2.24, 2.45) is 5.92 Å². The Bertz CT molecular complexity index is 778. The number of hydrogen-bond acceptors (Lipinski definition) is 3. The molecular formula is C18H22ClFN4O. The molecule has 2 unspecified atom stereocenters. The SMILES string of the molecule is CC1CC(c2cccc(F)c2)N(C(=O)c2n[nH]c3c2CNCC3)C1.Cl. The van der Waals surface area contributed by atoms with Crippen LogP contribution in [0.2, 0.25) is 0 Å². The molecule has 2 N–H and O–H groups in total. The van der Waals surface area contributed by atoms with E-state index in [9.17, 15) is 9.18 Å². The highest BCUT2D eigenvalue weighted by Crippen LogP contribution is 2.36. The van der Waals surface area contributed by atoms with Crippen LogP contribution in [0, 0.1) is 11.7 Å². The fraction of sp³-hybridized carbons (Fsp3) is 0.444. The summed E-state index contributed by atoms with van der Waals surface area (Å²) in [6.45, 7) is 4.37. The third-order valence-corrected chi connectivity index (χ3v) is 5.01. The summed E-state index contributed by atoms with van der Waals surface area (Å²) in [5.74, 6) is 0.0609. The summed E-state index contributed by atoms with van der Waals surface area (Å²) in [4.78, 5) is 15.0. The lowest BCUT2D eigenvalue weighted by Gasteiger charge is -2.25. The number of carbonyl (C=O) groups is 1. The molecule has 0 bridgehead atoms. The number of aromatic nitrogens is 2. The number of likely N-dealkylation sites (tertiary alicyclic amines) is 1. The fourth-order valence-electron chi connectivity index (χ4n) is 3.84. The molecule has 2 aliphatic rings. The molecule has 4 rings (SSSR count). The molecule has 1 amide bonds. The molecule has 2 aromatic rings. The first kappa shape index (κ1) is 17.9. The zero-order valence-electron chi connectivity index (χ0n) is 14.1. The average Bonchev–Trinajstić information content (AvgIpc) is 3.18. The second kappa shape index (κ2) is 7.14. The van der Waals surface area contributed by atoms with Crippen molar-refractivity contribution in [1.29, 1.82) is 0 Å². The number of carbonyl (C=O) groups excluding carboxylic acids is 1. The average molecular weight is 365 g/mol. The Morgan fingerprint density at radius 3 is 3.04 bits per heavy atom. The van der Waals surface area contributed by atoms with Gasteiger partial charge in [-0.3, -0.25) is 9.89 Å². The van der Waals surface area contributed by atoms with E-state index in [4.69, 9.17) is 0 Å². The molecule has 7 heteroatoms. The molecule has 1 saturated heterocycles. The molecule has 0 radical (unpaired) electrons. The molecule has 134 valence electrons. The third kappa shape index (κ3) is 3.28. The van der Waals surface area contributed by atoms with Crippen molar-refractivity contribution in [3.05, 3.63) is 52.6 Å². The predicted molar refractivity (Wildman–Crippen MR) is 95.2 cm³/mol. The lowest BCUT2D eigenvalue weighted by molar-refractivity contribution is 0.0724. The van der Waals surface area contributed by atoms with E-state index in [1.54, 1.807) is 6.07 Å². The molecule has 25 heavy (non-hydrogen) atoms. The van der Waals surface area contributed by atoms with Crippen LogP contribution >= 0.6 is 12.4 Å². The lowest BCUT2D eigenvalue weighted by Crippen LogP contribution is -2.33. The van der Waals surface area contributed by atoms with Crippen molar-refractivity contribution in [3.8, 4) is 0 Å². The number of nitrogens with zero attached hydrogens (tertiary/aromatic N) is 2. The smallest absolute Gasteiger partial charge is 0.275 e. The fourth-order valence-corrected chi connectivity index (χ4v) is 3.84. The maximum atomic E-state index is 13.6. The molecule has 0 aliphatic carbocycles. The van der Waals surface area contributed by atoms with E-state index in [1.807, 2.05) is 11.0 Å². The van der Waals surface area contributed by atoms with Gasteiger partial charge in [-0.2, -0.15) is 5.10 Å². The molecule has 1 aromatic heterocycles. The maximum absolute atomic E-state index is 13.6. The highest BCUT2D eigenvalue weighted by molar-refractivity contribution is 5.94. The minimum Gasteiger partial charge on any atom is -0.330 e. The minimum absolute atomic E-state index is 0. The van der Waals surface area contributed by atoms with Crippen LogP contribution in [0.4, 0.5) is 4.39 Å². The highest BCUT2D eigenvalue weighted by atomic mass is 35.5. The topological polar surface area (TPSA) is 61.0 Å². The molecule has 0 saturated carbocycles. The number of rotatable bonds is 2. The Labute approximate surface area is 152 Å². The predicted octanol–water partition coefficient (Wildman–Crippen LogP) is 2.84. The number of amides is 1. The summed E-state index contributed by atoms with van der Waals surface area (Å²) in [5, 5.41) is 10.6. The van der Waals surface area contributed by atoms with Gasteiger partial charge in [0.1, 0.15) is 5.82 Å². The van der Waals surface area contributed by atoms with Gasteiger partial charge in [0.2, 0.25) is 0 Å². The van der Waals surface area contributed by atoms with Gasteiger partial charge in [0.15, 0.2) is 5.69 Å². The Hall–Kier alpha value is -1.92. The first-order valence-corrected chi connectivity index (χ1v) is 8.46. The Morgan fingerprint density at radius 2 is 2.24 bits per heavy atom. The standard InChI is InChI=1S/C18H21FN4O.ClH/c1-11-7-16(12-3-2-4-13(19)8-12)23(10-11)18(24)17-14-9-20-6-5-15(14)21-22-17;/h2-4,8,11,16,20H,5-7,9-10H2,1H3,(H,21,22);1H. The van der Waals surface area contributed by atoms with Gasteiger partial charge in [0, 0.05) is 37.3 Å². The molecular weight excluding hydrogens is 343 g/mol. The highest BCUT2D eigenvalue weighted by Gasteiger charge is 2.37. The van der Waals surface area contributed by atoms with Gasteiger partial charge >= 0.3 is 0 Å². The summed E-state index contributed by atoms with van der Waals surface area (Å²) in [7, 11) is 0. The summed E-state index contributed by atoms with van der Waals surface area (Å²) < 4.78 is 13.6. The van der Waals surface area contributed by atoms with E-state index in [2.05, 4.69) is 22.4 Å². The van der Waals surface area contributed by atoms with E-state index >= 15 is 0 Å². The van der Waals surface area contributed by atoms with Crippen LogP contribution in [0.1, 0.15) is 46.7 Å². The van der Waals surface area contributed by atoms with Crippen LogP contribution in [0.3, 0.4) is 0 Å². The van der Waals surface area contributed by atoms with Gasteiger partial charge in [-0.05, 0) is 30.0 Å². The zero-order valence-corrected chi connectivity index (χ0v) is 14.9. The quantitative estimate of drug-likeness (QED) is 0.861. The first-order chi connectivity index (χ1) is 11.6. The lowest BCUT2D eigenvalue weighted by atomic mass is 10.0. The number of nitrogens with one attached hydrogen (secondary N) is 2. The number of aromatic amines is 1. The number of halogens is 2. The van der Waals surface area contributed by atoms with E-state index in [1.165, 1.54) is 12.1 Å². The Morgan fingerprint density at radius 1 is 1.40 bits per heavy atom. The van der Waals surface area contributed by atoms with E-state index in [0.717, 1.165) is 36.2 Å². The molecule has 3 heterocycles. The van der Waals surface area contributed by atoms with Crippen LogP contribution < -0.4 is 5.32 Å². The van der Waals surface area contributed by atoms with Gasteiger partial charge in [-0.1, -0.05) is 19.1 Å². The number of fused-ring (bicyclic) bond motifs is 1. The van der Waals surface area contributed by atoms with Crippen LogP contribution in [-0.4, -0.2) is 34.1 Å². The zero-order chi connectivity index (χ0) is 16.7. The van der Waals surface area contributed by atoms with Crippen molar-refractivity contribution < 1.29 is 9.18 Å². The number of H-pyrrole nitrogens is 1. The monoisotopic (exact) mass is 364 g/mol.